The lowest BCUT2D eigenvalue weighted by atomic mass is 9.82. The molecule has 0 saturated carbocycles. The molecule has 0 fully saturated rings. The third-order valence-electron chi connectivity index (χ3n) is 3.58. The highest BCUT2D eigenvalue weighted by Gasteiger charge is 2.28. The second kappa shape index (κ2) is 4.16. The minimum atomic E-state index is 0.0271. The Kier molecular flexibility index (Phi) is 2.59. The molecule has 0 atom stereocenters. The van der Waals surface area contributed by atoms with Crippen LogP contribution in [0.15, 0.2) is 41.4 Å². The van der Waals surface area contributed by atoms with Crippen molar-refractivity contribution in [3.05, 3.63) is 58.7 Å². The van der Waals surface area contributed by atoms with E-state index in [9.17, 15) is 4.79 Å². The zero-order valence-electron chi connectivity index (χ0n) is 11.3. The summed E-state index contributed by atoms with van der Waals surface area (Å²) in [4.78, 5) is 16.7. The third-order valence-corrected chi connectivity index (χ3v) is 3.58. The van der Waals surface area contributed by atoms with Crippen LogP contribution in [0.1, 0.15) is 27.0 Å². The van der Waals surface area contributed by atoms with Crippen molar-refractivity contribution in [3.63, 3.8) is 0 Å². The number of hydrogen-bond acceptors (Lipinski definition) is 2. The number of aliphatic imine (C=N–C) groups is 1. The van der Waals surface area contributed by atoms with Gasteiger partial charge in [0, 0.05) is 18.2 Å². The molecule has 0 spiro atoms. The van der Waals surface area contributed by atoms with Gasteiger partial charge in [-0.15, -0.1) is 0 Å². The summed E-state index contributed by atoms with van der Waals surface area (Å²) in [5, 5.41) is 0. The van der Waals surface area contributed by atoms with Crippen LogP contribution in [0.25, 0.3) is 11.1 Å². The van der Waals surface area contributed by atoms with Crippen LogP contribution in [0.3, 0.4) is 0 Å². The molecular formula is C17H15NO. The van der Waals surface area contributed by atoms with E-state index in [1.165, 1.54) is 0 Å². The van der Waals surface area contributed by atoms with Crippen LogP contribution in [0, 0.1) is 13.8 Å². The number of hydrogen-bond donors (Lipinski definition) is 0. The second-order valence-electron chi connectivity index (χ2n) is 5.00. The van der Waals surface area contributed by atoms with Gasteiger partial charge < -0.3 is 0 Å². The summed E-state index contributed by atoms with van der Waals surface area (Å²) in [6, 6.07) is 12.2. The maximum absolute atomic E-state index is 12.5. The van der Waals surface area contributed by atoms with Gasteiger partial charge in [-0.2, -0.15) is 0 Å². The van der Waals surface area contributed by atoms with Crippen LogP contribution in [0.2, 0.25) is 0 Å². The van der Waals surface area contributed by atoms with Gasteiger partial charge in [-0.1, -0.05) is 35.4 Å². The number of fused-ring (bicyclic) bond motifs is 3. The van der Waals surface area contributed by atoms with E-state index < -0.39 is 0 Å². The molecule has 1 aliphatic rings. The smallest absolute Gasteiger partial charge is 0.212 e. The van der Waals surface area contributed by atoms with E-state index in [2.05, 4.69) is 17.1 Å². The fraction of sp³-hybridized carbons (Fsp3) is 0.176. The van der Waals surface area contributed by atoms with E-state index in [0.717, 1.165) is 33.4 Å². The fourth-order valence-electron chi connectivity index (χ4n) is 2.64. The van der Waals surface area contributed by atoms with Crippen molar-refractivity contribution < 1.29 is 4.79 Å². The Morgan fingerprint density at radius 3 is 1.89 bits per heavy atom. The van der Waals surface area contributed by atoms with Gasteiger partial charge >= 0.3 is 0 Å². The largest absolute Gasteiger partial charge is 0.287 e. The highest BCUT2D eigenvalue weighted by Crippen LogP contribution is 2.34. The van der Waals surface area contributed by atoms with E-state index in [0.29, 0.717) is 5.71 Å². The van der Waals surface area contributed by atoms with E-state index >= 15 is 0 Å². The Labute approximate surface area is 112 Å². The van der Waals surface area contributed by atoms with Gasteiger partial charge in [-0.05, 0) is 37.1 Å². The highest BCUT2D eigenvalue weighted by atomic mass is 16.1. The van der Waals surface area contributed by atoms with E-state index in [1.807, 2.05) is 38.1 Å². The molecule has 1 aliphatic carbocycles. The van der Waals surface area contributed by atoms with Crippen molar-refractivity contribution in [1.82, 2.24) is 0 Å². The Morgan fingerprint density at radius 1 is 0.789 bits per heavy atom. The molecule has 2 aromatic carbocycles. The zero-order chi connectivity index (χ0) is 13.6. The normalized spacial score (nSPS) is 15.3. The van der Waals surface area contributed by atoms with Crippen LogP contribution < -0.4 is 0 Å². The number of benzene rings is 2. The minimum Gasteiger partial charge on any atom is -0.287 e. The molecule has 2 heteroatoms. The molecule has 94 valence electrons. The predicted octanol–water partition coefficient (Wildman–Crippen LogP) is 3.59. The van der Waals surface area contributed by atoms with Crippen molar-refractivity contribution in [1.29, 1.82) is 0 Å². The molecule has 0 amide bonds. The van der Waals surface area contributed by atoms with Crippen molar-refractivity contribution in [3.8, 4) is 11.1 Å². The van der Waals surface area contributed by atoms with Crippen molar-refractivity contribution >= 4 is 11.5 Å². The minimum absolute atomic E-state index is 0.0271. The van der Waals surface area contributed by atoms with Crippen molar-refractivity contribution in [2.75, 3.05) is 7.05 Å². The summed E-state index contributed by atoms with van der Waals surface area (Å²) in [6.45, 7) is 4.03. The van der Waals surface area contributed by atoms with Gasteiger partial charge in [0.1, 0.15) is 5.71 Å². The summed E-state index contributed by atoms with van der Waals surface area (Å²) >= 11 is 0. The Balaban J connectivity index is 2.40. The number of carbonyl (C=O) groups excluding carboxylic acids is 1. The molecule has 0 heterocycles. The Bertz CT molecular complexity index is 726. The van der Waals surface area contributed by atoms with Gasteiger partial charge in [0.25, 0.3) is 0 Å². The summed E-state index contributed by atoms with van der Waals surface area (Å²) in [6.07, 6.45) is 0. The zero-order valence-corrected chi connectivity index (χ0v) is 11.3. The van der Waals surface area contributed by atoms with Gasteiger partial charge in [0.2, 0.25) is 5.78 Å². The first-order valence-corrected chi connectivity index (χ1v) is 6.35. The summed E-state index contributed by atoms with van der Waals surface area (Å²) in [7, 11) is 1.68. The maximum Gasteiger partial charge on any atom is 0.212 e. The third kappa shape index (κ3) is 1.72. The molecule has 0 N–H and O–H groups in total. The van der Waals surface area contributed by atoms with Crippen LogP contribution in [0.4, 0.5) is 0 Å². The summed E-state index contributed by atoms with van der Waals surface area (Å²) < 4.78 is 0. The summed E-state index contributed by atoms with van der Waals surface area (Å²) in [5.41, 5.74) is 6.62. The molecule has 19 heavy (non-hydrogen) atoms. The van der Waals surface area contributed by atoms with Crippen LogP contribution in [0.5, 0.6) is 0 Å². The lowest BCUT2D eigenvalue weighted by molar-refractivity contribution is 0.106. The molecule has 3 rings (SSSR count). The first-order valence-electron chi connectivity index (χ1n) is 6.35. The number of ketones is 1. The number of rotatable bonds is 0. The highest BCUT2D eigenvalue weighted by molar-refractivity contribution is 6.55. The average molecular weight is 249 g/mol. The molecule has 0 unspecified atom stereocenters. The van der Waals surface area contributed by atoms with Crippen molar-refractivity contribution in [2.24, 2.45) is 4.99 Å². The van der Waals surface area contributed by atoms with Gasteiger partial charge in [0.05, 0.1) is 0 Å². The van der Waals surface area contributed by atoms with Gasteiger partial charge in [-0.3, -0.25) is 9.79 Å². The standard InChI is InChI=1S/C17H15NO/c1-10-4-6-12-13-7-5-11(2)9-15(13)17(19)16(18-3)14(12)8-10/h4-9H,1-3H3. The Morgan fingerprint density at radius 2 is 1.32 bits per heavy atom. The van der Waals surface area contributed by atoms with E-state index in [1.54, 1.807) is 7.05 Å². The quantitative estimate of drug-likeness (QED) is 0.701. The van der Waals surface area contributed by atoms with Gasteiger partial charge in [0.15, 0.2) is 0 Å². The number of Topliss-reactive ketones (excluding diaryl/α,β-unsaturated/α-hetero) is 1. The van der Waals surface area contributed by atoms with E-state index in [4.69, 9.17) is 0 Å². The second-order valence-corrected chi connectivity index (χ2v) is 5.00. The monoisotopic (exact) mass is 249 g/mol. The number of nitrogens with zero attached hydrogens (tertiary/aromatic N) is 1. The average Bonchev–Trinajstić information content (AvgIpc) is 2.39. The SMILES string of the molecule is CN=C1C(=O)c2cc(C)ccc2-c2ccc(C)cc21. The molecule has 2 aromatic rings. The lowest BCUT2D eigenvalue weighted by Crippen LogP contribution is -2.22. The van der Waals surface area contributed by atoms with Crippen LogP contribution in [-0.4, -0.2) is 18.5 Å². The topological polar surface area (TPSA) is 29.4 Å². The molecule has 0 aromatic heterocycles. The molecule has 0 saturated heterocycles. The van der Waals surface area contributed by atoms with E-state index in [-0.39, 0.29) is 5.78 Å². The van der Waals surface area contributed by atoms with Crippen LogP contribution >= 0.6 is 0 Å². The number of carbonyl (C=O) groups is 1. The predicted molar refractivity (Wildman–Crippen MR) is 78.1 cm³/mol. The summed E-state index contributed by atoms with van der Waals surface area (Å²) in [5.74, 6) is 0.0271. The van der Waals surface area contributed by atoms with Gasteiger partial charge in [-0.25, -0.2) is 0 Å². The van der Waals surface area contributed by atoms with Crippen molar-refractivity contribution in [2.45, 2.75) is 13.8 Å². The molecule has 0 bridgehead atoms. The Hall–Kier alpha value is -2.22. The number of aryl methyl sites for hydroxylation is 2. The lowest BCUT2D eigenvalue weighted by Gasteiger charge is -2.21. The molecule has 0 aliphatic heterocycles. The first kappa shape index (κ1) is 11.8. The molecule has 2 nitrogen and oxygen atoms in total. The van der Waals surface area contributed by atoms with Crippen LogP contribution in [-0.2, 0) is 0 Å². The fourth-order valence-corrected chi connectivity index (χ4v) is 2.64. The maximum atomic E-state index is 12.5. The molecular weight excluding hydrogens is 234 g/mol. The molecule has 0 radical (unpaired) electrons. The first-order chi connectivity index (χ1) is 9.11.